The molecule has 0 spiro atoms. The monoisotopic (exact) mass is 300 g/mol. The molecule has 0 atom stereocenters. The van der Waals surface area contributed by atoms with Crippen LogP contribution in [0.4, 0.5) is 5.69 Å². The molecule has 9 heteroatoms. The third kappa shape index (κ3) is 3.31. The Labute approximate surface area is 117 Å². The van der Waals surface area contributed by atoms with E-state index in [4.69, 9.17) is 0 Å². The molecule has 8 nitrogen and oxygen atoms in total. The lowest BCUT2D eigenvalue weighted by molar-refractivity contribution is -0.387. The highest BCUT2D eigenvalue weighted by molar-refractivity contribution is 7.89. The number of piperazine rings is 1. The maximum atomic E-state index is 12.2. The summed E-state index contributed by atoms with van der Waals surface area (Å²) >= 11 is 0. The second-order valence-electron chi connectivity index (χ2n) is 4.61. The zero-order valence-electron chi connectivity index (χ0n) is 11.0. The molecule has 1 fully saturated rings. The molecule has 0 unspecified atom stereocenters. The molecular formula is C11H16N4O4S. The maximum Gasteiger partial charge on any atom is 0.289 e. The first-order valence-corrected chi connectivity index (χ1v) is 7.58. The van der Waals surface area contributed by atoms with Gasteiger partial charge in [-0.05, 0) is 13.1 Å². The number of nitrogens with one attached hydrogen (secondary N) is 1. The highest BCUT2D eigenvalue weighted by Gasteiger charge is 2.27. The van der Waals surface area contributed by atoms with Crippen molar-refractivity contribution in [2.24, 2.45) is 0 Å². The molecule has 1 heterocycles. The predicted molar refractivity (Wildman–Crippen MR) is 72.5 cm³/mol. The fourth-order valence-corrected chi connectivity index (χ4v) is 3.25. The van der Waals surface area contributed by atoms with E-state index in [1.165, 1.54) is 24.3 Å². The van der Waals surface area contributed by atoms with Gasteiger partial charge in [-0.25, -0.2) is 13.4 Å². The topological polar surface area (TPSA) is 95.8 Å². The Balaban J connectivity index is 2.21. The van der Waals surface area contributed by atoms with Gasteiger partial charge >= 0.3 is 0 Å². The van der Waals surface area contributed by atoms with Gasteiger partial charge in [-0.2, -0.15) is 0 Å². The minimum Gasteiger partial charge on any atom is -0.304 e. The molecule has 1 aliphatic rings. The fourth-order valence-electron chi connectivity index (χ4n) is 1.95. The molecule has 0 radical (unpaired) electrons. The second kappa shape index (κ2) is 5.83. The standard InChI is InChI=1S/C11H16N4O4S/c1-13-6-8-14(9-7-13)12-20(18,19)11-5-3-2-4-10(11)15(16)17/h2-5,12H,6-9H2,1H3. The van der Waals surface area contributed by atoms with Crippen LogP contribution in [0.25, 0.3) is 0 Å². The van der Waals surface area contributed by atoms with Crippen LogP contribution in [0.5, 0.6) is 0 Å². The van der Waals surface area contributed by atoms with Gasteiger partial charge in [0, 0.05) is 32.2 Å². The molecule has 0 saturated carbocycles. The average Bonchev–Trinajstić information content (AvgIpc) is 2.41. The Kier molecular flexibility index (Phi) is 4.33. The average molecular weight is 300 g/mol. The van der Waals surface area contributed by atoms with Gasteiger partial charge in [-0.15, -0.1) is 4.83 Å². The highest BCUT2D eigenvalue weighted by Crippen LogP contribution is 2.22. The van der Waals surface area contributed by atoms with E-state index in [-0.39, 0.29) is 4.90 Å². The van der Waals surface area contributed by atoms with Gasteiger partial charge < -0.3 is 4.90 Å². The van der Waals surface area contributed by atoms with Crippen molar-refractivity contribution in [2.45, 2.75) is 4.90 Å². The van der Waals surface area contributed by atoms with Crippen molar-refractivity contribution in [3.8, 4) is 0 Å². The molecule has 1 aromatic rings. The van der Waals surface area contributed by atoms with Gasteiger partial charge in [-0.3, -0.25) is 10.1 Å². The van der Waals surface area contributed by atoms with E-state index < -0.39 is 20.6 Å². The summed E-state index contributed by atoms with van der Waals surface area (Å²) in [4.78, 5) is 14.4. The maximum absolute atomic E-state index is 12.2. The normalized spacial score (nSPS) is 18.1. The van der Waals surface area contributed by atoms with E-state index in [9.17, 15) is 18.5 Å². The zero-order chi connectivity index (χ0) is 14.8. The van der Waals surface area contributed by atoms with Gasteiger partial charge in [0.15, 0.2) is 4.90 Å². The number of rotatable bonds is 4. The van der Waals surface area contributed by atoms with Gasteiger partial charge in [0.25, 0.3) is 15.7 Å². The quantitative estimate of drug-likeness (QED) is 0.623. The van der Waals surface area contributed by atoms with Crippen LogP contribution in [0.1, 0.15) is 0 Å². The summed E-state index contributed by atoms with van der Waals surface area (Å²) in [6.07, 6.45) is 0. The summed E-state index contributed by atoms with van der Waals surface area (Å²) in [5, 5.41) is 12.5. The van der Waals surface area contributed by atoms with Crippen molar-refractivity contribution in [3.63, 3.8) is 0 Å². The molecule has 110 valence electrons. The number of likely N-dealkylation sites (N-methyl/N-ethyl adjacent to an activating group) is 1. The Morgan fingerprint density at radius 2 is 1.80 bits per heavy atom. The lowest BCUT2D eigenvalue weighted by atomic mass is 10.3. The van der Waals surface area contributed by atoms with Crippen molar-refractivity contribution in [3.05, 3.63) is 34.4 Å². The van der Waals surface area contributed by atoms with E-state index >= 15 is 0 Å². The Morgan fingerprint density at radius 3 is 2.40 bits per heavy atom. The Morgan fingerprint density at radius 1 is 1.20 bits per heavy atom. The van der Waals surface area contributed by atoms with Crippen LogP contribution in [0, 0.1) is 10.1 Å². The Hall–Kier alpha value is -1.55. The summed E-state index contributed by atoms with van der Waals surface area (Å²) in [6, 6.07) is 5.31. The number of hydrazine groups is 1. The smallest absolute Gasteiger partial charge is 0.289 e. The van der Waals surface area contributed by atoms with Crippen molar-refractivity contribution >= 4 is 15.7 Å². The van der Waals surface area contributed by atoms with Gasteiger partial charge in [-0.1, -0.05) is 12.1 Å². The van der Waals surface area contributed by atoms with Crippen molar-refractivity contribution in [1.29, 1.82) is 0 Å². The number of sulfonamides is 1. The molecule has 1 N–H and O–H groups in total. The number of benzene rings is 1. The summed E-state index contributed by atoms with van der Waals surface area (Å²) in [5.41, 5.74) is -0.422. The second-order valence-corrected chi connectivity index (χ2v) is 6.24. The third-order valence-corrected chi connectivity index (χ3v) is 4.53. The Bertz CT molecular complexity index is 596. The lowest BCUT2D eigenvalue weighted by Gasteiger charge is -2.32. The summed E-state index contributed by atoms with van der Waals surface area (Å²) in [7, 11) is -1.99. The molecule has 1 aliphatic heterocycles. The lowest BCUT2D eigenvalue weighted by Crippen LogP contribution is -2.52. The summed E-state index contributed by atoms with van der Waals surface area (Å²) in [6.45, 7) is 2.55. The number of nitrogens with zero attached hydrogens (tertiary/aromatic N) is 3. The van der Waals surface area contributed by atoms with E-state index in [1.807, 2.05) is 7.05 Å². The summed E-state index contributed by atoms with van der Waals surface area (Å²) < 4.78 is 24.5. The van der Waals surface area contributed by atoms with Crippen molar-refractivity contribution < 1.29 is 13.3 Å². The number of hydrogen-bond donors (Lipinski definition) is 1. The molecule has 0 aromatic heterocycles. The van der Waals surface area contributed by atoms with Crippen LogP contribution < -0.4 is 4.83 Å². The van der Waals surface area contributed by atoms with Gasteiger partial charge in [0.2, 0.25) is 0 Å². The van der Waals surface area contributed by atoms with E-state index in [0.29, 0.717) is 13.1 Å². The zero-order valence-corrected chi connectivity index (χ0v) is 11.8. The first-order chi connectivity index (χ1) is 9.40. The fraction of sp³-hybridized carbons (Fsp3) is 0.455. The number of para-hydroxylation sites is 1. The van der Waals surface area contributed by atoms with Crippen LogP contribution in [-0.4, -0.2) is 56.5 Å². The third-order valence-electron chi connectivity index (χ3n) is 3.10. The molecule has 1 saturated heterocycles. The van der Waals surface area contributed by atoms with Crippen LogP contribution in [0.3, 0.4) is 0 Å². The van der Waals surface area contributed by atoms with Gasteiger partial charge in [0.05, 0.1) is 4.92 Å². The number of nitro benzene ring substituents is 1. The van der Waals surface area contributed by atoms with Crippen LogP contribution in [0.2, 0.25) is 0 Å². The molecule has 0 bridgehead atoms. The first kappa shape index (κ1) is 14.9. The van der Waals surface area contributed by atoms with Crippen LogP contribution in [-0.2, 0) is 10.0 Å². The predicted octanol–water partition coefficient (Wildman–Crippen LogP) is 0.0355. The molecule has 1 aromatic carbocycles. The van der Waals surface area contributed by atoms with E-state index in [1.54, 1.807) is 5.01 Å². The van der Waals surface area contributed by atoms with Crippen LogP contribution >= 0.6 is 0 Å². The minimum absolute atomic E-state index is 0.316. The van der Waals surface area contributed by atoms with Gasteiger partial charge in [0.1, 0.15) is 0 Å². The van der Waals surface area contributed by atoms with E-state index in [2.05, 4.69) is 9.73 Å². The van der Waals surface area contributed by atoms with E-state index in [0.717, 1.165) is 13.1 Å². The SMILES string of the molecule is CN1CCN(NS(=O)(=O)c2ccccc2[N+](=O)[O-])CC1. The summed E-state index contributed by atoms with van der Waals surface area (Å²) in [5.74, 6) is 0. The molecule has 0 amide bonds. The largest absolute Gasteiger partial charge is 0.304 e. The van der Waals surface area contributed by atoms with Crippen molar-refractivity contribution in [2.75, 3.05) is 33.2 Å². The molecular weight excluding hydrogens is 284 g/mol. The van der Waals surface area contributed by atoms with Crippen LogP contribution in [0.15, 0.2) is 29.2 Å². The number of hydrogen-bond acceptors (Lipinski definition) is 6. The van der Waals surface area contributed by atoms with Crippen molar-refractivity contribution in [1.82, 2.24) is 14.7 Å². The number of nitro groups is 1. The highest BCUT2D eigenvalue weighted by atomic mass is 32.2. The molecule has 2 rings (SSSR count). The minimum atomic E-state index is -3.94. The molecule has 0 aliphatic carbocycles. The first-order valence-electron chi connectivity index (χ1n) is 6.09. The molecule has 20 heavy (non-hydrogen) atoms.